The molecule has 3 nitrogen and oxygen atoms in total. The molecule has 2 atom stereocenters. The molecule has 0 amide bonds. The second-order valence-electron chi connectivity index (χ2n) is 6.37. The van der Waals surface area contributed by atoms with Crippen molar-refractivity contribution in [2.24, 2.45) is 5.73 Å². The molecule has 116 valence electrons. The zero-order valence-corrected chi connectivity index (χ0v) is 13.2. The average molecular weight is 288 g/mol. The highest BCUT2D eigenvalue weighted by atomic mass is 16.5. The summed E-state index contributed by atoms with van der Waals surface area (Å²) in [6.07, 6.45) is 7.62. The molecule has 1 saturated heterocycles. The van der Waals surface area contributed by atoms with Crippen molar-refractivity contribution in [3.63, 3.8) is 0 Å². The Bertz CT molecular complexity index is 474. The van der Waals surface area contributed by atoms with Crippen molar-refractivity contribution in [3.05, 3.63) is 29.3 Å². The minimum absolute atomic E-state index is 0.360. The largest absolute Gasteiger partial charge is 0.493 e. The van der Waals surface area contributed by atoms with Crippen LogP contribution in [0.4, 0.5) is 0 Å². The second kappa shape index (κ2) is 6.80. The van der Waals surface area contributed by atoms with E-state index in [9.17, 15) is 0 Å². The molecule has 0 spiro atoms. The first-order chi connectivity index (χ1) is 10.3. The normalized spacial score (nSPS) is 24.2. The molecule has 0 bridgehead atoms. The smallest absolute Gasteiger partial charge is 0.122 e. The molecule has 3 rings (SSSR count). The standard InChI is InChI=1S/C18H28N2O/c1-2-16-6-4-3-5-10-20(16)17(13-19)14-7-8-18-15(12-14)9-11-21-18/h7-8,12,16-17H,2-6,9-11,13,19H2,1H3. The molecular weight excluding hydrogens is 260 g/mol. The van der Waals surface area contributed by atoms with Gasteiger partial charge in [-0.1, -0.05) is 31.9 Å². The number of nitrogens with zero attached hydrogens (tertiary/aromatic N) is 1. The van der Waals surface area contributed by atoms with Crippen LogP contribution < -0.4 is 10.5 Å². The van der Waals surface area contributed by atoms with Crippen LogP contribution in [0.1, 0.15) is 56.2 Å². The van der Waals surface area contributed by atoms with Gasteiger partial charge in [-0.05, 0) is 43.0 Å². The Balaban J connectivity index is 1.85. The summed E-state index contributed by atoms with van der Waals surface area (Å²) < 4.78 is 5.63. The molecule has 0 aromatic heterocycles. The van der Waals surface area contributed by atoms with Crippen LogP contribution in [0.15, 0.2) is 18.2 Å². The third-order valence-electron chi connectivity index (χ3n) is 5.12. The molecule has 1 fully saturated rings. The summed E-state index contributed by atoms with van der Waals surface area (Å²) in [7, 11) is 0. The van der Waals surface area contributed by atoms with Crippen molar-refractivity contribution in [2.75, 3.05) is 19.7 Å². The Morgan fingerprint density at radius 1 is 1.33 bits per heavy atom. The van der Waals surface area contributed by atoms with E-state index < -0.39 is 0 Å². The maximum absolute atomic E-state index is 6.18. The van der Waals surface area contributed by atoms with E-state index in [-0.39, 0.29) is 0 Å². The molecule has 2 aliphatic rings. The molecule has 0 aliphatic carbocycles. The number of likely N-dealkylation sites (tertiary alicyclic amines) is 1. The molecule has 2 aliphatic heterocycles. The first kappa shape index (κ1) is 14.9. The molecule has 2 N–H and O–H groups in total. The van der Waals surface area contributed by atoms with Gasteiger partial charge in [0.1, 0.15) is 5.75 Å². The number of nitrogens with two attached hydrogens (primary N) is 1. The van der Waals surface area contributed by atoms with Crippen molar-refractivity contribution in [3.8, 4) is 5.75 Å². The van der Waals surface area contributed by atoms with Gasteiger partial charge in [-0.25, -0.2) is 0 Å². The fraction of sp³-hybridized carbons (Fsp3) is 0.667. The molecule has 3 heteroatoms. The fourth-order valence-electron chi connectivity index (χ4n) is 3.93. The van der Waals surface area contributed by atoms with Gasteiger partial charge < -0.3 is 10.5 Å². The maximum atomic E-state index is 6.18. The lowest BCUT2D eigenvalue weighted by Crippen LogP contribution is -2.41. The van der Waals surface area contributed by atoms with Crippen molar-refractivity contribution in [1.82, 2.24) is 4.90 Å². The lowest BCUT2D eigenvalue weighted by Gasteiger charge is -2.36. The zero-order valence-electron chi connectivity index (χ0n) is 13.2. The number of rotatable bonds is 4. The lowest BCUT2D eigenvalue weighted by atomic mass is 9.98. The van der Waals surface area contributed by atoms with E-state index in [0.717, 1.165) is 18.8 Å². The predicted molar refractivity (Wildman–Crippen MR) is 86.7 cm³/mol. The second-order valence-corrected chi connectivity index (χ2v) is 6.37. The monoisotopic (exact) mass is 288 g/mol. The van der Waals surface area contributed by atoms with Gasteiger partial charge in [0.25, 0.3) is 0 Å². The summed E-state index contributed by atoms with van der Waals surface area (Å²) in [6, 6.07) is 7.74. The molecule has 21 heavy (non-hydrogen) atoms. The number of fused-ring (bicyclic) bond motifs is 1. The highest BCUT2D eigenvalue weighted by Gasteiger charge is 2.27. The third kappa shape index (κ3) is 3.09. The van der Waals surface area contributed by atoms with Crippen LogP contribution in [0.3, 0.4) is 0 Å². The Kier molecular flexibility index (Phi) is 4.81. The van der Waals surface area contributed by atoms with E-state index in [1.54, 1.807) is 0 Å². The van der Waals surface area contributed by atoms with E-state index in [4.69, 9.17) is 10.5 Å². The number of ether oxygens (including phenoxy) is 1. The van der Waals surface area contributed by atoms with Crippen LogP contribution in [0.2, 0.25) is 0 Å². The number of hydrogen-bond donors (Lipinski definition) is 1. The van der Waals surface area contributed by atoms with Crippen LogP contribution in [0.5, 0.6) is 5.75 Å². The minimum atomic E-state index is 0.360. The minimum Gasteiger partial charge on any atom is -0.493 e. The molecular formula is C18H28N2O. The van der Waals surface area contributed by atoms with Crippen molar-refractivity contribution in [2.45, 2.75) is 57.5 Å². The van der Waals surface area contributed by atoms with Crippen molar-refractivity contribution >= 4 is 0 Å². The van der Waals surface area contributed by atoms with Gasteiger partial charge in [0.05, 0.1) is 6.61 Å². The summed E-state index contributed by atoms with van der Waals surface area (Å²) in [5.74, 6) is 1.07. The van der Waals surface area contributed by atoms with E-state index in [2.05, 4.69) is 30.0 Å². The SMILES string of the molecule is CCC1CCCCCN1C(CN)c1ccc2c(c1)CCO2. The molecule has 2 unspecified atom stereocenters. The Hall–Kier alpha value is -1.06. The Morgan fingerprint density at radius 3 is 3.05 bits per heavy atom. The predicted octanol–water partition coefficient (Wildman–Crippen LogP) is 3.28. The summed E-state index contributed by atoms with van der Waals surface area (Å²) in [6.45, 7) is 5.03. The number of hydrogen-bond acceptors (Lipinski definition) is 3. The van der Waals surface area contributed by atoms with E-state index in [1.165, 1.54) is 49.8 Å². The molecule has 0 radical (unpaired) electrons. The van der Waals surface area contributed by atoms with Crippen LogP contribution in [0, 0.1) is 0 Å². The number of benzene rings is 1. The van der Waals surface area contributed by atoms with Crippen LogP contribution in [-0.2, 0) is 6.42 Å². The van der Waals surface area contributed by atoms with Gasteiger partial charge in [-0.3, -0.25) is 4.90 Å². The summed E-state index contributed by atoms with van der Waals surface area (Å²) in [5.41, 5.74) is 8.91. The molecule has 0 saturated carbocycles. The van der Waals surface area contributed by atoms with Gasteiger partial charge >= 0.3 is 0 Å². The fourth-order valence-corrected chi connectivity index (χ4v) is 3.93. The summed E-state index contributed by atoms with van der Waals surface area (Å²) >= 11 is 0. The molecule has 1 aromatic rings. The Labute approximate surface area is 128 Å². The van der Waals surface area contributed by atoms with Gasteiger partial charge in [0, 0.05) is 25.0 Å². The first-order valence-corrected chi connectivity index (χ1v) is 8.55. The van der Waals surface area contributed by atoms with E-state index in [1.807, 2.05) is 0 Å². The van der Waals surface area contributed by atoms with Gasteiger partial charge in [-0.15, -0.1) is 0 Å². The maximum Gasteiger partial charge on any atom is 0.122 e. The lowest BCUT2D eigenvalue weighted by molar-refractivity contribution is 0.136. The average Bonchev–Trinajstić information content (AvgIpc) is 2.85. The summed E-state index contributed by atoms with van der Waals surface area (Å²) in [5, 5.41) is 0. The molecule has 2 heterocycles. The van der Waals surface area contributed by atoms with E-state index in [0.29, 0.717) is 18.6 Å². The van der Waals surface area contributed by atoms with Gasteiger partial charge in [-0.2, -0.15) is 0 Å². The highest BCUT2D eigenvalue weighted by molar-refractivity contribution is 5.41. The third-order valence-corrected chi connectivity index (χ3v) is 5.12. The van der Waals surface area contributed by atoms with Crippen LogP contribution in [0.25, 0.3) is 0 Å². The first-order valence-electron chi connectivity index (χ1n) is 8.55. The Morgan fingerprint density at radius 2 is 2.24 bits per heavy atom. The topological polar surface area (TPSA) is 38.5 Å². The zero-order chi connectivity index (χ0) is 14.7. The van der Waals surface area contributed by atoms with Crippen molar-refractivity contribution in [1.29, 1.82) is 0 Å². The quantitative estimate of drug-likeness (QED) is 0.924. The van der Waals surface area contributed by atoms with Crippen LogP contribution in [-0.4, -0.2) is 30.6 Å². The highest BCUT2D eigenvalue weighted by Crippen LogP contribution is 2.33. The molecule has 1 aromatic carbocycles. The van der Waals surface area contributed by atoms with Gasteiger partial charge in [0.2, 0.25) is 0 Å². The van der Waals surface area contributed by atoms with Crippen molar-refractivity contribution < 1.29 is 4.74 Å². The van der Waals surface area contributed by atoms with Crippen LogP contribution >= 0.6 is 0 Å². The van der Waals surface area contributed by atoms with Gasteiger partial charge in [0.15, 0.2) is 0 Å². The van der Waals surface area contributed by atoms with E-state index >= 15 is 0 Å². The summed E-state index contributed by atoms with van der Waals surface area (Å²) in [4.78, 5) is 2.67.